The summed E-state index contributed by atoms with van der Waals surface area (Å²) in [7, 11) is -7.69. The first-order valence-corrected chi connectivity index (χ1v) is 14.1. The highest BCUT2D eigenvalue weighted by molar-refractivity contribution is 7.98. The second kappa shape index (κ2) is 9.52. The normalized spacial score (nSPS) is 12.2. The Morgan fingerprint density at radius 1 is 0.848 bits per heavy atom. The number of thioether (sulfide) groups is 1. The molecule has 0 aliphatic rings. The largest absolute Gasteiger partial charge is 0.257 e. The van der Waals surface area contributed by atoms with Gasteiger partial charge in [0.05, 0.1) is 11.4 Å². The Hall–Kier alpha value is -2.30. The fourth-order valence-electron chi connectivity index (χ4n) is 3.02. The number of nitrogens with two attached hydrogens (primary N) is 2. The van der Waals surface area contributed by atoms with Crippen LogP contribution in [0.25, 0.3) is 11.3 Å². The lowest BCUT2D eigenvalue weighted by molar-refractivity contribution is 0.585. The zero-order valence-electron chi connectivity index (χ0n) is 17.8. The van der Waals surface area contributed by atoms with Crippen molar-refractivity contribution >= 4 is 54.7 Å². The standard InChI is InChI=1S/C9H12N4O2S2.C8H9ClN4O2S/c1-3-6-9(17(10,14)15)13-7(11-6)4-5-8(12-13)16-2;1-2-5-8(16(10,14)15)13-7(11-5)4-3-6(9)12-13/h4-5H,3H2,1-2H3,(H2,10,14,15);3-4H,2H2,1H3,(H2,10,14,15). The van der Waals surface area contributed by atoms with Gasteiger partial charge in [0.15, 0.2) is 21.3 Å². The zero-order valence-corrected chi connectivity index (χ0v) is 21.0. The van der Waals surface area contributed by atoms with E-state index in [1.807, 2.05) is 13.2 Å². The molecule has 0 spiro atoms. The van der Waals surface area contributed by atoms with Gasteiger partial charge in [-0.2, -0.15) is 19.2 Å². The number of primary sulfonamides is 2. The summed E-state index contributed by atoms with van der Waals surface area (Å²) in [6.07, 6.45) is 2.80. The maximum absolute atomic E-state index is 11.6. The predicted octanol–water partition coefficient (Wildman–Crippen LogP) is 1.25. The molecule has 0 radical (unpaired) electrons. The summed E-state index contributed by atoms with van der Waals surface area (Å²) in [5, 5.41) is 19.1. The van der Waals surface area contributed by atoms with Crippen LogP contribution in [0.3, 0.4) is 0 Å². The summed E-state index contributed by atoms with van der Waals surface area (Å²) in [5.41, 5.74) is 1.73. The fraction of sp³-hybridized carbons (Fsp3) is 0.294. The van der Waals surface area contributed by atoms with Crippen molar-refractivity contribution in [2.45, 2.75) is 41.8 Å². The first-order chi connectivity index (χ1) is 15.4. The molecule has 0 saturated heterocycles. The van der Waals surface area contributed by atoms with Crippen molar-refractivity contribution in [3.63, 3.8) is 0 Å². The van der Waals surface area contributed by atoms with E-state index in [1.54, 1.807) is 25.1 Å². The van der Waals surface area contributed by atoms with Crippen LogP contribution in [0.15, 0.2) is 39.3 Å². The Balaban J connectivity index is 0.000000186. The molecule has 0 bridgehead atoms. The van der Waals surface area contributed by atoms with E-state index in [2.05, 4.69) is 20.2 Å². The van der Waals surface area contributed by atoms with Crippen molar-refractivity contribution in [2.24, 2.45) is 10.3 Å². The second-order valence-electron chi connectivity index (χ2n) is 6.60. The minimum absolute atomic E-state index is 0.0223. The van der Waals surface area contributed by atoms with Crippen LogP contribution in [-0.2, 0) is 32.9 Å². The summed E-state index contributed by atoms with van der Waals surface area (Å²) in [5.74, 6) is 0. The van der Waals surface area contributed by atoms with Crippen molar-refractivity contribution in [3.8, 4) is 0 Å². The van der Waals surface area contributed by atoms with Crippen molar-refractivity contribution < 1.29 is 16.8 Å². The molecule has 4 rings (SSSR count). The molecule has 0 saturated carbocycles. The Morgan fingerprint density at radius 3 is 1.73 bits per heavy atom. The first kappa shape index (κ1) is 25.3. The molecule has 33 heavy (non-hydrogen) atoms. The van der Waals surface area contributed by atoms with Crippen molar-refractivity contribution in [2.75, 3.05) is 6.26 Å². The smallest absolute Gasteiger partial charge is 0.231 e. The Bertz CT molecular complexity index is 1550. The van der Waals surface area contributed by atoms with E-state index in [4.69, 9.17) is 21.9 Å². The summed E-state index contributed by atoms with van der Waals surface area (Å²) >= 11 is 7.12. The quantitative estimate of drug-likeness (QED) is 0.357. The molecule has 178 valence electrons. The third kappa shape index (κ3) is 5.28. The zero-order chi connectivity index (χ0) is 24.6. The average Bonchev–Trinajstić information content (AvgIpc) is 3.30. The molecule has 0 amide bonds. The highest BCUT2D eigenvalue weighted by Gasteiger charge is 2.22. The lowest BCUT2D eigenvalue weighted by Gasteiger charge is -2.01. The molecular weight excluding hydrogens is 512 g/mol. The van der Waals surface area contributed by atoms with E-state index < -0.39 is 20.0 Å². The van der Waals surface area contributed by atoms with Gasteiger partial charge in [-0.3, -0.25) is 0 Å². The number of imidazole rings is 2. The van der Waals surface area contributed by atoms with Crippen molar-refractivity contribution in [1.29, 1.82) is 0 Å². The van der Waals surface area contributed by atoms with Crippen molar-refractivity contribution in [1.82, 2.24) is 29.2 Å². The summed E-state index contributed by atoms with van der Waals surface area (Å²) in [6.45, 7) is 3.62. The number of halogens is 1. The van der Waals surface area contributed by atoms with Crippen LogP contribution >= 0.6 is 23.4 Å². The van der Waals surface area contributed by atoms with E-state index in [1.165, 1.54) is 22.3 Å². The molecule has 16 heteroatoms. The van der Waals surface area contributed by atoms with Gasteiger partial charge in [0, 0.05) is 0 Å². The van der Waals surface area contributed by atoms with Crippen LogP contribution in [0, 0.1) is 0 Å². The Kier molecular flexibility index (Phi) is 7.30. The molecule has 4 aromatic heterocycles. The number of fused-ring (bicyclic) bond motifs is 2. The van der Waals surface area contributed by atoms with Crippen LogP contribution in [0.4, 0.5) is 0 Å². The molecule has 4 heterocycles. The number of hydrogen-bond acceptors (Lipinski definition) is 9. The lowest BCUT2D eigenvalue weighted by atomic mass is 10.4. The number of aromatic nitrogens is 6. The van der Waals surface area contributed by atoms with Gasteiger partial charge in [-0.1, -0.05) is 25.4 Å². The van der Waals surface area contributed by atoms with Crippen LogP contribution in [0.2, 0.25) is 5.15 Å². The van der Waals surface area contributed by atoms with Crippen LogP contribution in [-0.4, -0.2) is 52.3 Å². The molecule has 0 fully saturated rings. The maximum atomic E-state index is 11.6. The van der Waals surface area contributed by atoms with Crippen LogP contribution in [0.5, 0.6) is 0 Å². The molecule has 0 aromatic carbocycles. The van der Waals surface area contributed by atoms with E-state index in [-0.39, 0.29) is 15.2 Å². The Morgan fingerprint density at radius 2 is 1.30 bits per heavy atom. The molecule has 12 nitrogen and oxygen atoms in total. The number of rotatable bonds is 5. The van der Waals surface area contributed by atoms with Crippen LogP contribution in [0.1, 0.15) is 25.2 Å². The molecule has 4 aromatic rings. The van der Waals surface area contributed by atoms with Crippen molar-refractivity contribution in [3.05, 3.63) is 40.8 Å². The highest BCUT2D eigenvalue weighted by atomic mass is 35.5. The predicted molar refractivity (Wildman–Crippen MR) is 124 cm³/mol. The average molecular weight is 533 g/mol. The molecule has 0 unspecified atom stereocenters. The third-order valence-corrected chi connectivity index (χ3v) is 7.10. The van der Waals surface area contributed by atoms with Gasteiger partial charge in [0.2, 0.25) is 0 Å². The number of sulfonamides is 2. The molecule has 0 atom stereocenters. The number of nitrogens with zero attached hydrogens (tertiary/aromatic N) is 6. The molecule has 0 aliphatic carbocycles. The second-order valence-corrected chi connectivity index (χ2v) is 10.8. The van der Waals surface area contributed by atoms with E-state index >= 15 is 0 Å². The summed E-state index contributed by atoms with van der Waals surface area (Å²) in [4.78, 5) is 8.33. The first-order valence-electron chi connectivity index (χ1n) is 9.43. The summed E-state index contributed by atoms with van der Waals surface area (Å²) in [6, 6.07) is 6.64. The van der Waals surface area contributed by atoms with Gasteiger partial charge in [-0.15, -0.1) is 11.8 Å². The Labute approximate surface area is 199 Å². The highest BCUT2D eigenvalue weighted by Crippen LogP contribution is 2.20. The van der Waals surface area contributed by atoms with E-state index in [9.17, 15) is 16.8 Å². The third-order valence-electron chi connectivity index (χ3n) is 4.37. The number of hydrogen-bond donors (Lipinski definition) is 2. The minimum Gasteiger partial charge on any atom is -0.231 e. The van der Waals surface area contributed by atoms with E-state index in [0.717, 1.165) is 4.52 Å². The van der Waals surface area contributed by atoms with Gasteiger partial charge in [-0.25, -0.2) is 37.1 Å². The van der Waals surface area contributed by atoms with Gasteiger partial charge in [0.25, 0.3) is 20.0 Å². The topological polar surface area (TPSA) is 181 Å². The van der Waals surface area contributed by atoms with Gasteiger partial charge in [-0.05, 0) is 43.4 Å². The fourth-order valence-corrected chi connectivity index (χ4v) is 5.31. The molecule has 4 N–H and O–H groups in total. The lowest BCUT2D eigenvalue weighted by Crippen LogP contribution is -2.17. The molecular formula is C17H21ClN8O4S3. The van der Waals surface area contributed by atoms with Gasteiger partial charge in [0.1, 0.15) is 10.2 Å². The van der Waals surface area contributed by atoms with Crippen LogP contribution < -0.4 is 10.3 Å². The van der Waals surface area contributed by atoms with E-state index in [0.29, 0.717) is 40.5 Å². The summed E-state index contributed by atoms with van der Waals surface area (Å²) < 4.78 is 48.4. The monoisotopic (exact) mass is 532 g/mol. The SMILES string of the molecule is CCc1nc2ccc(Cl)nn2c1S(N)(=O)=O.CCc1nc2ccc(SC)nn2c1S(N)(=O)=O. The maximum Gasteiger partial charge on any atom is 0.257 e. The van der Waals surface area contributed by atoms with Gasteiger partial charge < -0.3 is 0 Å². The molecule has 0 aliphatic heterocycles. The minimum atomic E-state index is -3.87. The number of aryl methyl sites for hydroxylation is 2. The van der Waals surface area contributed by atoms with Gasteiger partial charge >= 0.3 is 0 Å².